The first-order chi connectivity index (χ1) is 16.9. The van der Waals surface area contributed by atoms with E-state index in [1.165, 1.54) is 18.6 Å². The van der Waals surface area contributed by atoms with Crippen LogP contribution in [0.25, 0.3) is 0 Å². The number of aliphatic hydroxyl groups is 1. The molecule has 1 aromatic carbocycles. The van der Waals surface area contributed by atoms with Gasteiger partial charge in [0, 0.05) is 37.7 Å². The van der Waals surface area contributed by atoms with Gasteiger partial charge in [-0.25, -0.2) is 9.37 Å². The maximum atomic E-state index is 13.7. The van der Waals surface area contributed by atoms with E-state index >= 15 is 0 Å². The average Bonchev–Trinajstić information content (AvgIpc) is 2.76. The zero-order valence-corrected chi connectivity index (χ0v) is 23.1. The first kappa shape index (κ1) is 27.0. The first-order valence-electron chi connectivity index (χ1n) is 12.7. The lowest BCUT2D eigenvalue weighted by Crippen LogP contribution is -2.52. The number of nitrogens with one attached hydrogen (secondary N) is 2. The van der Waals surface area contributed by atoms with Crippen LogP contribution in [0.3, 0.4) is 0 Å². The van der Waals surface area contributed by atoms with Gasteiger partial charge in [0.1, 0.15) is 11.4 Å². The summed E-state index contributed by atoms with van der Waals surface area (Å²) in [5.41, 5.74) is 2.97. The minimum absolute atomic E-state index is 0.00550. The molecule has 3 N–H and O–H groups in total. The van der Waals surface area contributed by atoms with E-state index in [-0.39, 0.29) is 35.3 Å². The molecule has 2 aliphatic rings. The number of amides is 1. The lowest BCUT2D eigenvalue weighted by atomic mass is 9.73. The second-order valence-electron chi connectivity index (χ2n) is 11.6. The zero-order chi connectivity index (χ0) is 26.1. The average molecular weight is 563 g/mol. The van der Waals surface area contributed by atoms with E-state index in [2.05, 4.69) is 58.4 Å². The molecule has 36 heavy (non-hydrogen) atoms. The summed E-state index contributed by atoms with van der Waals surface area (Å²) >= 11 is 3.21. The Bertz CT molecular complexity index is 1100. The lowest BCUT2D eigenvalue weighted by molar-refractivity contribution is -0.120. The molecule has 1 amide bonds. The number of aromatic nitrogens is 1. The minimum atomic E-state index is -0.841. The number of halogens is 2. The van der Waals surface area contributed by atoms with Crippen LogP contribution in [0.4, 0.5) is 4.39 Å². The summed E-state index contributed by atoms with van der Waals surface area (Å²) in [6.45, 7) is 8.35. The molecule has 2 heterocycles. The molecule has 3 atom stereocenters. The van der Waals surface area contributed by atoms with Crippen molar-refractivity contribution in [2.75, 3.05) is 6.54 Å². The van der Waals surface area contributed by atoms with Crippen LogP contribution in [0.1, 0.15) is 76.1 Å². The molecule has 0 unspecified atom stereocenters. The smallest absolute Gasteiger partial charge is 0.218 e. The van der Waals surface area contributed by atoms with E-state index < -0.39 is 12.1 Å². The third-order valence-corrected chi connectivity index (χ3v) is 7.67. The summed E-state index contributed by atoms with van der Waals surface area (Å²) in [6, 6.07) is 6.40. The summed E-state index contributed by atoms with van der Waals surface area (Å²) < 4.78 is 20.4. The number of hydrogen-bond donors (Lipinski definition) is 3. The fraction of sp³-hybridized carbons (Fsp3) is 0.571. The molecular weight excluding hydrogens is 525 g/mol. The largest absolute Gasteiger partial charge is 0.471 e. The van der Waals surface area contributed by atoms with Gasteiger partial charge in [0.15, 0.2) is 0 Å². The van der Waals surface area contributed by atoms with Gasteiger partial charge in [0.05, 0.1) is 16.6 Å². The Morgan fingerprint density at radius 2 is 2.06 bits per heavy atom. The van der Waals surface area contributed by atoms with Crippen molar-refractivity contribution in [3.05, 3.63) is 57.4 Å². The summed E-state index contributed by atoms with van der Waals surface area (Å²) in [4.78, 5) is 16.6. The van der Waals surface area contributed by atoms with Crippen molar-refractivity contribution in [3.8, 4) is 5.88 Å². The fourth-order valence-corrected chi connectivity index (χ4v) is 5.64. The summed E-state index contributed by atoms with van der Waals surface area (Å²) in [7, 11) is 0. The van der Waals surface area contributed by atoms with Gasteiger partial charge in [0.2, 0.25) is 11.8 Å². The number of benzene rings is 1. The quantitative estimate of drug-likeness (QED) is 0.421. The molecule has 2 aromatic rings. The Kier molecular flexibility index (Phi) is 8.07. The molecule has 1 aromatic heterocycles. The van der Waals surface area contributed by atoms with Gasteiger partial charge in [-0.3, -0.25) is 4.79 Å². The van der Waals surface area contributed by atoms with Crippen molar-refractivity contribution >= 4 is 21.8 Å². The van der Waals surface area contributed by atoms with E-state index in [0.717, 1.165) is 43.2 Å². The maximum Gasteiger partial charge on any atom is 0.218 e. The highest BCUT2D eigenvalue weighted by atomic mass is 79.9. The van der Waals surface area contributed by atoms with Gasteiger partial charge in [0.25, 0.3) is 0 Å². The molecule has 6 nitrogen and oxygen atoms in total. The topological polar surface area (TPSA) is 83.5 Å². The van der Waals surface area contributed by atoms with Gasteiger partial charge in [-0.1, -0.05) is 26.8 Å². The van der Waals surface area contributed by atoms with Crippen molar-refractivity contribution in [2.24, 2.45) is 5.41 Å². The van der Waals surface area contributed by atoms with Crippen LogP contribution < -0.4 is 15.4 Å². The van der Waals surface area contributed by atoms with E-state index in [4.69, 9.17) is 4.74 Å². The van der Waals surface area contributed by atoms with Crippen LogP contribution in [0.5, 0.6) is 5.88 Å². The van der Waals surface area contributed by atoms with Crippen LogP contribution in [0.2, 0.25) is 0 Å². The monoisotopic (exact) mass is 561 g/mol. The van der Waals surface area contributed by atoms with Crippen LogP contribution in [0, 0.1) is 11.2 Å². The number of nitrogens with zero attached hydrogens (tertiary/aromatic N) is 1. The van der Waals surface area contributed by atoms with Gasteiger partial charge < -0.3 is 20.5 Å². The van der Waals surface area contributed by atoms with Crippen molar-refractivity contribution in [2.45, 2.75) is 90.0 Å². The van der Waals surface area contributed by atoms with Gasteiger partial charge in [-0.15, -0.1) is 0 Å². The van der Waals surface area contributed by atoms with Gasteiger partial charge >= 0.3 is 0 Å². The predicted octanol–water partition coefficient (Wildman–Crippen LogP) is 5.02. The Morgan fingerprint density at radius 3 is 2.67 bits per heavy atom. The highest BCUT2D eigenvalue weighted by molar-refractivity contribution is 9.10. The first-order valence-corrected chi connectivity index (χ1v) is 13.5. The van der Waals surface area contributed by atoms with Crippen LogP contribution in [0.15, 0.2) is 34.9 Å². The van der Waals surface area contributed by atoms with Crippen molar-refractivity contribution in [1.29, 1.82) is 0 Å². The standard InChI is InChI=1S/C28H37BrFN3O3/c1-17(34)33-23(12-18-6-7-22(30)21(29)11-18)25(35)16-31-24-14-28(8-5-9-28)36-26-20(24)10-19(15-32-26)13-27(2,3)4/h6-7,10-11,15,23-25,31,35H,5,8-9,12-14,16H2,1-4H3,(H,33,34)/t23-,24-,25-/m0/s1. The Labute approximate surface area is 221 Å². The molecule has 8 heteroatoms. The SMILES string of the molecule is CC(=O)N[C@@H](Cc1ccc(F)c(Br)c1)[C@@H](O)CN[C@H]1CC2(CCC2)Oc2ncc(CC(C)(C)C)cc21. The highest BCUT2D eigenvalue weighted by Crippen LogP contribution is 2.48. The number of hydrogen-bond acceptors (Lipinski definition) is 5. The molecule has 0 bridgehead atoms. The van der Waals surface area contributed by atoms with Gasteiger partial charge in [-0.05, 0) is 82.8 Å². The fourth-order valence-electron chi connectivity index (χ4n) is 5.22. The third-order valence-electron chi connectivity index (χ3n) is 7.07. The van der Waals surface area contributed by atoms with E-state index in [9.17, 15) is 14.3 Å². The van der Waals surface area contributed by atoms with Gasteiger partial charge in [-0.2, -0.15) is 0 Å². The number of ether oxygens (including phenoxy) is 1. The summed E-state index contributed by atoms with van der Waals surface area (Å²) in [6.07, 6.45) is 6.35. The number of pyridine rings is 1. The Hall–Kier alpha value is -2.03. The van der Waals surface area contributed by atoms with Crippen molar-refractivity contribution < 1.29 is 19.0 Å². The predicted molar refractivity (Wildman–Crippen MR) is 141 cm³/mol. The molecule has 4 rings (SSSR count). The maximum absolute atomic E-state index is 13.7. The normalized spacial score (nSPS) is 20.1. The van der Waals surface area contributed by atoms with Crippen molar-refractivity contribution in [3.63, 3.8) is 0 Å². The van der Waals surface area contributed by atoms with E-state index in [1.54, 1.807) is 12.1 Å². The molecule has 1 saturated carbocycles. The Morgan fingerprint density at radius 1 is 1.31 bits per heavy atom. The zero-order valence-electron chi connectivity index (χ0n) is 21.5. The second kappa shape index (κ2) is 10.8. The summed E-state index contributed by atoms with van der Waals surface area (Å²) in [5.74, 6) is 0.112. The third kappa shape index (κ3) is 6.64. The number of aliphatic hydroxyl groups excluding tert-OH is 1. The number of carbonyl (C=O) groups is 1. The molecule has 1 aliphatic carbocycles. The molecule has 0 saturated heterocycles. The van der Waals surface area contributed by atoms with Crippen LogP contribution >= 0.6 is 15.9 Å². The molecule has 1 aliphatic heterocycles. The second-order valence-corrected chi connectivity index (χ2v) is 12.5. The minimum Gasteiger partial charge on any atom is -0.471 e. The lowest BCUT2D eigenvalue weighted by Gasteiger charge is -2.47. The molecule has 1 spiro atoms. The van der Waals surface area contributed by atoms with Crippen molar-refractivity contribution in [1.82, 2.24) is 15.6 Å². The van der Waals surface area contributed by atoms with Crippen LogP contribution in [-0.2, 0) is 17.6 Å². The number of rotatable bonds is 8. The number of fused-ring (bicyclic) bond motifs is 1. The van der Waals surface area contributed by atoms with E-state index in [1.807, 2.05) is 6.20 Å². The molecular formula is C28H37BrFN3O3. The van der Waals surface area contributed by atoms with E-state index in [0.29, 0.717) is 16.8 Å². The highest BCUT2D eigenvalue weighted by Gasteiger charge is 2.46. The Balaban J connectivity index is 1.50. The number of carbonyl (C=O) groups excluding carboxylic acids is 1. The molecule has 196 valence electrons. The molecule has 1 fully saturated rings. The summed E-state index contributed by atoms with van der Waals surface area (Å²) in [5, 5.41) is 17.5. The van der Waals surface area contributed by atoms with Crippen LogP contribution in [-0.4, -0.2) is 40.3 Å². The molecule has 0 radical (unpaired) electrons.